The minimum absolute atomic E-state index is 0.833. The normalized spacial score (nSPS) is 8.39. The van der Waals surface area contributed by atoms with Gasteiger partial charge < -0.3 is 10.2 Å². The summed E-state index contributed by atoms with van der Waals surface area (Å²) >= 11 is 2.08. The molecule has 1 aromatic carbocycles. The van der Waals surface area contributed by atoms with Crippen LogP contribution in [0.5, 0.6) is 0 Å². The van der Waals surface area contributed by atoms with Crippen LogP contribution >= 0.6 is 0 Å². The molecule has 0 fully saturated rings. The molecule has 0 aliphatic heterocycles. The zero-order valence-corrected chi connectivity index (χ0v) is 10.5. The van der Waals surface area contributed by atoms with Gasteiger partial charge in [0.1, 0.15) is 0 Å². The Hall–Kier alpha value is -1.76. The summed E-state index contributed by atoms with van der Waals surface area (Å²) in [5.74, 6) is -1.87. The van der Waals surface area contributed by atoms with Gasteiger partial charge in [0.25, 0.3) is 0 Å². The van der Waals surface area contributed by atoms with E-state index in [1.165, 1.54) is 10.3 Å². The number of benzene rings is 1. The predicted octanol–water partition coefficient (Wildman–Crippen LogP) is 1.38. The van der Waals surface area contributed by atoms with Crippen LogP contribution in [0.1, 0.15) is 6.92 Å². The van der Waals surface area contributed by atoms with E-state index in [1.807, 2.05) is 18.2 Å². The molecule has 4 nitrogen and oxygen atoms in total. The van der Waals surface area contributed by atoms with E-state index in [4.69, 9.17) is 10.2 Å². The number of allylic oxidation sites excluding steroid dienone is 1. The quantitative estimate of drug-likeness (QED) is 0.607. The first-order valence-electron chi connectivity index (χ1n) is 5.16. The molecule has 0 saturated carbocycles. The van der Waals surface area contributed by atoms with Crippen LogP contribution < -0.4 is 4.24 Å². The van der Waals surface area contributed by atoms with Gasteiger partial charge in [0, 0.05) is 12.2 Å². The van der Waals surface area contributed by atoms with Crippen molar-refractivity contribution in [3.05, 3.63) is 55.1 Å². The fourth-order valence-electron chi connectivity index (χ4n) is 0.677. The van der Waals surface area contributed by atoms with Crippen LogP contribution in [0.25, 0.3) is 0 Å². The molecule has 0 heterocycles. The van der Waals surface area contributed by atoms with Crippen molar-refractivity contribution in [3.8, 4) is 0 Å². The fraction of sp³-hybridized carbons (Fsp3) is 0.0769. The molecule has 0 amide bonds. The van der Waals surface area contributed by atoms with Crippen molar-refractivity contribution in [2.45, 2.75) is 6.92 Å². The topological polar surface area (TPSA) is 74.6 Å². The molecule has 92 valence electrons. The maximum atomic E-state index is 9.51. The molecule has 2 N–H and O–H groups in total. The first-order chi connectivity index (χ1) is 8.43. The molecule has 0 spiro atoms. The van der Waals surface area contributed by atoms with E-state index in [0.29, 0.717) is 0 Å². The van der Waals surface area contributed by atoms with E-state index in [2.05, 4.69) is 36.4 Å². The van der Waals surface area contributed by atoms with Crippen molar-refractivity contribution in [2.75, 3.05) is 0 Å². The van der Waals surface area contributed by atoms with Crippen LogP contribution in [0, 0.1) is 0 Å². The molecule has 0 bridgehead atoms. The van der Waals surface area contributed by atoms with E-state index in [-0.39, 0.29) is 0 Å². The summed E-state index contributed by atoms with van der Waals surface area (Å²) in [5, 5.41) is 15.4. The second-order valence-electron chi connectivity index (χ2n) is 3.04. The van der Waals surface area contributed by atoms with Crippen LogP contribution in [0.3, 0.4) is 0 Å². The van der Waals surface area contributed by atoms with E-state index in [0.717, 1.165) is 12.2 Å². The average Bonchev–Trinajstić information content (AvgIpc) is 2.31. The predicted molar refractivity (Wildman–Crippen MR) is 72.1 cm³/mol. The van der Waals surface area contributed by atoms with Gasteiger partial charge in [-0.05, 0) is 6.92 Å². The fourth-order valence-corrected chi connectivity index (χ4v) is 0.677. The van der Waals surface area contributed by atoms with E-state index < -0.39 is 11.9 Å². The molecule has 0 aliphatic rings. The summed E-state index contributed by atoms with van der Waals surface area (Å²) < 4.78 is 1.32. The van der Waals surface area contributed by atoms with Gasteiger partial charge in [-0.3, -0.25) is 0 Å². The van der Waals surface area contributed by atoms with E-state index >= 15 is 0 Å². The number of hydrogen-bond acceptors (Lipinski definition) is 2. The monoisotopic (exact) mass is 242 g/mol. The van der Waals surface area contributed by atoms with Gasteiger partial charge in [-0.2, -0.15) is 0 Å². The summed E-state index contributed by atoms with van der Waals surface area (Å²) in [7, 11) is 0. The summed E-state index contributed by atoms with van der Waals surface area (Å²) in [4.78, 5) is 18.8. The van der Waals surface area contributed by atoms with Gasteiger partial charge in [-0.25, -0.2) is 9.59 Å². The zero-order chi connectivity index (χ0) is 14.4. The van der Waals surface area contributed by atoms with Crippen molar-refractivity contribution in [2.24, 2.45) is 0 Å². The van der Waals surface area contributed by atoms with E-state index in [9.17, 15) is 9.59 Å². The SMILES string of the molecule is C/C=C/C(=O)O.C=CC(=O)O.[Li][c]1ccccc1. The Kier molecular flexibility index (Phi) is 13.7. The summed E-state index contributed by atoms with van der Waals surface area (Å²) in [6, 6.07) is 10.3. The third-order valence-corrected chi connectivity index (χ3v) is 1.42. The molecule has 0 unspecified atom stereocenters. The molecular weight excluding hydrogens is 227 g/mol. The molecule has 1 aromatic rings. The number of aliphatic carboxylic acids is 2. The van der Waals surface area contributed by atoms with Gasteiger partial charge in [-0.15, -0.1) is 0 Å². The maximum absolute atomic E-state index is 9.51. The van der Waals surface area contributed by atoms with Crippen LogP contribution in [-0.2, 0) is 9.59 Å². The summed E-state index contributed by atoms with van der Waals surface area (Å²) in [6.07, 6.45) is 3.39. The van der Waals surface area contributed by atoms with Crippen molar-refractivity contribution >= 4 is 33.9 Å². The summed E-state index contributed by atoms with van der Waals surface area (Å²) in [6.45, 7) is 4.62. The number of carboxylic acids is 2. The Balaban J connectivity index is 0. The molecule has 1 rings (SSSR count). The molecule has 0 atom stereocenters. The Morgan fingerprint density at radius 3 is 1.72 bits per heavy atom. The van der Waals surface area contributed by atoms with Crippen molar-refractivity contribution in [3.63, 3.8) is 0 Å². The Morgan fingerprint density at radius 1 is 1.17 bits per heavy atom. The molecule has 0 aromatic heterocycles. The second-order valence-corrected chi connectivity index (χ2v) is 3.04. The third-order valence-electron chi connectivity index (χ3n) is 1.42. The van der Waals surface area contributed by atoms with Gasteiger partial charge in [0.15, 0.2) is 0 Å². The molecule has 0 aliphatic carbocycles. The van der Waals surface area contributed by atoms with E-state index in [1.54, 1.807) is 6.92 Å². The van der Waals surface area contributed by atoms with Crippen LogP contribution in [0.2, 0.25) is 0 Å². The molecule has 5 heteroatoms. The van der Waals surface area contributed by atoms with Crippen molar-refractivity contribution in [1.82, 2.24) is 0 Å². The molecule has 0 saturated heterocycles. The van der Waals surface area contributed by atoms with Gasteiger partial charge in [-0.1, -0.05) is 12.7 Å². The Labute approximate surface area is 116 Å². The standard InChI is InChI=1S/C6H5.C4H6O2.C3H4O2.Li/c1-2-4-6-5-3-1;1-2-3-4(5)6;1-2-3(4)5;/h1-5H;2-3H,1H3,(H,5,6);2H,1H2,(H,4,5);/b;3-2+;;. The van der Waals surface area contributed by atoms with Gasteiger partial charge in [0.05, 0.1) is 0 Å². The third kappa shape index (κ3) is 19.8. The first-order valence-corrected chi connectivity index (χ1v) is 5.16. The second kappa shape index (κ2) is 13.3. The van der Waals surface area contributed by atoms with Gasteiger partial charge >= 0.3 is 64.2 Å². The number of carbonyl (C=O) groups is 2. The number of hydrogen-bond donors (Lipinski definition) is 2. The first kappa shape index (κ1) is 18.6. The number of carboxylic acid groups (broad SMARTS) is 2. The Bertz CT molecular complexity index is 385. The molecule has 0 radical (unpaired) electrons. The molecular formula is C13H15LiO4. The van der Waals surface area contributed by atoms with Crippen LogP contribution in [0.4, 0.5) is 0 Å². The van der Waals surface area contributed by atoms with Crippen LogP contribution in [-0.4, -0.2) is 39.9 Å². The van der Waals surface area contributed by atoms with Crippen molar-refractivity contribution in [1.29, 1.82) is 0 Å². The average molecular weight is 242 g/mol. The zero-order valence-electron chi connectivity index (χ0n) is 10.5. The molecule has 18 heavy (non-hydrogen) atoms. The number of rotatable bonds is 2. The minimum atomic E-state index is -0.981. The summed E-state index contributed by atoms with van der Waals surface area (Å²) in [5.41, 5.74) is 0. The van der Waals surface area contributed by atoms with Crippen LogP contribution in [0.15, 0.2) is 55.1 Å². The Morgan fingerprint density at radius 2 is 1.61 bits per heavy atom. The van der Waals surface area contributed by atoms with Crippen molar-refractivity contribution < 1.29 is 19.8 Å². The van der Waals surface area contributed by atoms with Gasteiger partial charge in [0.2, 0.25) is 0 Å².